The number of hydrogen-bond acceptors (Lipinski definition) is 3. The molecule has 0 aliphatic carbocycles. The van der Waals surface area contributed by atoms with Gasteiger partial charge >= 0.3 is 0 Å². The Labute approximate surface area is 108 Å². The molecule has 0 aromatic carbocycles. The Balaban J connectivity index is 1.72. The van der Waals surface area contributed by atoms with Gasteiger partial charge in [0.15, 0.2) is 0 Å². The summed E-state index contributed by atoms with van der Waals surface area (Å²) >= 11 is 1.90. The molecule has 1 aromatic rings. The van der Waals surface area contributed by atoms with E-state index < -0.39 is 0 Å². The van der Waals surface area contributed by atoms with Crippen molar-refractivity contribution < 1.29 is 0 Å². The number of piperidine rings is 1. The summed E-state index contributed by atoms with van der Waals surface area (Å²) in [5.41, 5.74) is 1.32. The quantitative estimate of drug-likeness (QED) is 0.817. The molecule has 2 saturated heterocycles. The predicted molar refractivity (Wildman–Crippen MR) is 72.7 cm³/mol. The summed E-state index contributed by atoms with van der Waals surface area (Å²) in [7, 11) is 2.31. The minimum atomic E-state index is 0.749. The van der Waals surface area contributed by atoms with Gasteiger partial charge in [-0.2, -0.15) is 0 Å². The molecule has 0 N–H and O–H groups in total. The average Bonchev–Trinajstić information content (AvgIpc) is 2.83. The summed E-state index contributed by atoms with van der Waals surface area (Å²) in [5, 5.41) is 3.69. The zero-order valence-corrected chi connectivity index (χ0v) is 11.7. The summed E-state index contributed by atoms with van der Waals surface area (Å²) in [6.07, 6.45) is 7.85. The van der Waals surface area contributed by atoms with Crippen molar-refractivity contribution >= 4 is 11.3 Å². The van der Waals surface area contributed by atoms with Crippen LogP contribution in [0.15, 0.2) is 5.38 Å². The van der Waals surface area contributed by atoms with Gasteiger partial charge in [-0.15, -0.1) is 11.3 Å². The SMILES string of the molecule is CCCc1csc(C2CC3CCC(C2)N3C)n1. The standard InChI is InChI=1S/C14H22N2S/c1-3-4-11-9-17-14(15-11)10-7-12-5-6-13(8-10)16(12)2/h9-10,12-13H,3-8H2,1-2H3. The van der Waals surface area contributed by atoms with Crippen molar-refractivity contribution in [3.05, 3.63) is 16.1 Å². The molecule has 2 atom stereocenters. The maximum atomic E-state index is 4.85. The van der Waals surface area contributed by atoms with Crippen molar-refractivity contribution in [1.29, 1.82) is 0 Å². The highest BCUT2D eigenvalue weighted by Gasteiger charge is 2.39. The summed E-state index contributed by atoms with van der Waals surface area (Å²) in [6.45, 7) is 2.23. The lowest BCUT2D eigenvalue weighted by Crippen LogP contribution is -2.39. The Kier molecular flexibility index (Phi) is 3.22. The molecule has 2 nitrogen and oxygen atoms in total. The zero-order valence-electron chi connectivity index (χ0n) is 10.9. The molecular formula is C14H22N2S. The average molecular weight is 250 g/mol. The van der Waals surface area contributed by atoms with Gasteiger partial charge in [0.05, 0.1) is 10.7 Å². The number of nitrogens with zero attached hydrogens (tertiary/aromatic N) is 2. The van der Waals surface area contributed by atoms with Crippen LogP contribution < -0.4 is 0 Å². The van der Waals surface area contributed by atoms with Gasteiger partial charge < -0.3 is 4.90 Å². The van der Waals surface area contributed by atoms with E-state index in [0.29, 0.717) is 0 Å². The van der Waals surface area contributed by atoms with E-state index in [-0.39, 0.29) is 0 Å². The molecule has 3 heterocycles. The largest absolute Gasteiger partial charge is 0.300 e. The van der Waals surface area contributed by atoms with Crippen molar-refractivity contribution in [1.82, 2.24) is 9.88 Å². The Morgan fingerprint density at radius 3 is 2.71 bits per heavy atom. The molecule has 2 unspecified atom stereocenters. The van der Waals surface area contributed by atoms with E-state index in [1.165, 1.54) is 42.8 Å². The summed E-state index contributed by atoms with van der Waals surface area (Å²) in [5.74, 6) is 0.749. The highest BCUT2D eigenvalue weighted by atomic mass is 32.1. The van der Waals surface area contributed by atoms with E-state index in [0.717, 1.165) is 24.4 Å². The maximum Gasteiger partial charge on any atom is 0.0960 e. The van der Waals surface area contributed by atoms with Crippen molar-refractivity contribution in [3.63, 3.8) is 0 Å². The van der Waals surface area contributed by atoms with Crippen molar-refractivity contribution in [2.75, 3.05) is 7.05 Å². The van der Waals surface area contributed by atoms with Crippen LogP contribution in [0.4, 0.5) is 0 Å². The first-order valence-electron chi connectivity index (χ1n) is 6.94. The van der Waals surface area contributed by atoms with Gasteiger partial charge in [0, 0.05) is 23.4 Å². The van der Waals surface area contributed by atoms with E-state index in [4.69, 9.17) is 4.98 Å². The third-order valence-electron chi connectivity index (χ3n) is 4.52. The molecule has 94 valence electrons. The fourth-order valence-corrected chi connectivity index (χ4v) is 4.48. The Morgan fingerprint density at radius 1 is 1.35 bits per heavy atom. The first-order valence-corrected chi connectivity index (χ1v) is 7.82. The Morgan fingerprint density at radius 2 is 2.06 bits per heavy atom. The second-order valence-corrected chi connectivity index (χ2v) is 6.54. The van der Waals surface area contributed by atoms with Crippen LogP contribution in [-0.4, -0.2) is 29.0 Å². The molecule has 2 aliphatic rings. The molecule has 0 saturated carbocycles. The number of fused-ring (bicyclic) bond motifs is 2. The molecular weight excluding hydrogens is 228 g/mol. The topological polar surface area (TPSA) is 16.1 Å². The summed E-state index contributed by atoms with van der Waals surface area (Å²) in [4.78, 5) is 7.45. The van der Waals surface area contributed by atoms with Crippen LogP contribution in [0.1, 0.15) is 55.6 Å². The second-order valence-electron chi connectivity index (χ2n) is 5.65. The lowest BCUT2D eigenvalue weighted by molar-refractivity contribution is 0.161. The maximum absolute atomic E-state index is 4.85. The molecule has 3 heteroatoms. The molecule has 2 aliphatic heterocycles. The number of aromatic nitrogens is 1. The molecule has 0 radical (unpaired) electrons. The van der Waals surface area contributed by atoms with Gasteiger partial charge in [-0.05, 0) is 39.2 Å². The third kappa shape index (κ3) is 2.15. The summed E-state index contributed by atoms with van der Waals surface area (Å²) in [6, 6.07) is 1.66. The smallest absolute Gasteiger partial charge is 0.0960 e. The van der Waals surface area contributed by atoms with Crippen molar-refractivity contribution in [2.24, 2.45) is 0 Å². The van der Waals surface area contributed by atoms with Crippen LogP contribution in [0.2, 0.25) is 0 Å². The fourth-order valence-electron chi connectivity index (χ4n) is 3.49. The Bertz CT molecular complexity index is 373. The monoisotopic (exact) mass is 250 g/mol. The van der Waals surface area contributed by atoms with Gasteiger partial charge in [0.2, 0.25) is 0 Å². The van der Waals surface area contributed by atoms with E-state index in [1.807, 2.05) is 11.3 Å². The second kappa shape index (κ2) is 4.69. The first kappa shape index (κ1) is 11.7. The normalized spacial score (nSPS) is 33.2. The lowest BCUT2D eigenvalue weighted by atomic mass is 9.92. The molecule has 3 rings (SSSR count). The van der Waals surface area contributed by atoms with Crippen LogP contribution in [0.5, 0.6) is 0 Å². The number of rotatable bonds is 3. The predicted octanol–water partition coefficient (Wildman–Crippen LogP) is 3.44. The van der Waals surface area contributed by atoms with E-state index >= 15 is 0 Å². The third-order valence-corrected chi connectivity index (χ3v) is 5.58. The minimum Gasteiger partial charge on any atom is -0.300 e. The fraction of sp³-hybridized carbons (Fsp3) is 0.786. The van der Waals surface area contributed by atoms with Crippen LogP contribution in [0, 0.1) is 0 Å². The van der Waals surface area contributed by atoms with Crippen LogP contribution >= 0.6 is 11.3 Å². The zero-order chi connectivity index (χ0) is 11.8. The van der Waals surface area contributed by atoms with Crippen LogP contribution in [-0.2, 0) is 6.42 Å². The van der Waals surface area contributed by atoms with Gasteiger partial charge in [-0.3, -0.25) is 0 Å². The van der Waals surface area contributed by atoms with Gasteiger partial charge in [-0.25, -0.2) is 4.98 Å². The van der Waals surface area contributed by atoms with E-state index in [2.05, 4.69) is 24.3 Å². The van der Waals surface area contributed by atoms with E-state index in [1.54, 1.807) is 0 Å². The molecule has 0 spiro atoms. The molecule has 17 heavy (non-hydrogen) atoms. The molecule has 2 fully saturated rings. The molecule has 1 aromatic heterocycles. The van der Waals surface area contributed by atoms with Crippen LogP contribution in [0.3, 0.4) is 0 Å². The van der Waals surface area contributed by atoms with Crippen LogP contribution in [0.25, 0.3) is 0 Å². The van der Waals surface area contributed by atoms with Crippen molar-refractivity contribution in [3.8, 4) is 0 Å². The van der Waals surface area contributed by atoms with Gasteiger partial charge in [0.1, 0.15) is 0 Å². The highest BCUT2D eigenvalue weighted by Crippen LogP contribution is 2.42. The number of thiazole rings is 1. The number of aryl methyl sites for hydroxylation is 1. The van der Waals surface area contributed by atoms with E-state index in [9.17, 15) is 0 Å². The first-order chi connectivity index (χ1) is 8.28. The van der Waals surface area contributed by atoms with Gasteiger partial charge in [0.25, 0.3) is 0 Å². The highest BCUT2D eigenvalue weighted by molar-refractivity contribution is 7.09. The summed E-state index contributed by atoms with van der Waals surface area (Å²) < 4.78 is 0. The van der Waals surface area contributed by atoms with Gasteiger partial charge in [-0.1, -0.05) is 13.3 Å². The lowest BCUT2D eigenvalue weighted by Gasteiger charge is -2.35. The Hall–Kier alpha value is -0.410. The number of hydrogen-bond donors (Lipinski definition) is 0. The minimum absolute atomic E-state index is 0.749. The molecule has 0 amide bonds. The molecule has 2 bridgehead atoms. The van der Waals surface area contributed by atoms with Crippen molar-refractivity contribution in [2.45, 2.75) is 63.5 Å².